The highest BCUT2D eigenvalue weighted by atomic mass is 35.5. The quantitative estimate of drug-likeness (QED) is 0.316. The van der Waals surface area contributed by atoms with E-state index >= 15 is 0 Å². The number of carbonyl (C=O) groups excluding carboxylic acids is 1. The zero-order valence-electron chi connectivity index (χ0n) is 17.0. The van der Waals surface area contributed by atoms with E-state index in [2.05, 4.69) is 17.9 Å². The number of hydrogen-bond acceptors (Lipinski definition) is 5. The van der Waals surface area contributed by atoms with E-state index in [4.69, 9.17) is 16.6 Å². The molecule has 30 heavy (non-hydrogen) atoms. The van der Waals surface area contributed by atoms with Gasteiger partial charge in [-0.25, -0.2) is 4.98 Å². The number of anilines is 1. The third kappa shape index (κ3) is 4.63. The van der Waals surface area contributed by atoms with Crippen molar-refractivity contribution in [2.75, 3.05) is 32.1 Å². The zero-order chi connectivity index (χ0) is 20.5. The van der Waals surface area contributed by atoms with Crippen LogP contribution in [0.5, 0.6) is 0 Å². The van der Waals surface area contributed by atoms with Gasteiger partial charge < -0.3 is 4.90 Å². The Kier molecular flexibility index (Phi) is 7.37. The average Bonchev–Trinajstić information content (AvgIpc) is 3.25. The van der Waals surface area contributed by atoms with Crippen molar-refractivity contribution in [3.05, 3.63) is 57.9 Å². The topological polar surface area (TPSA) is 36.4 Å². The van der Waals surface area contributed by atoms with Crippen molar-refractivity contribution in [2.45, 2.75) is 13.3 Å². The number of benzene rings is 2. The van der Waals surface area contributed by atoms with E-state index in [0.717, 1.165) is 38.4 Å². The molecule has 0 unspecified atom stereocenters. The van der Waals surface area contributed by atoms with Crippen LogP contribution in [0.4, 0.5) is 5.13 Å². The normalized spacial score (nSPS) is 11.2. The molecule has 0 saturated carbocycles. The van der Waals surface area contributed by atoms with Crippen molar-refractivity contribution in [1.29, 1.82) is 0 Å². The summed E-state index contributed by atoms with van der Waals surface area (Å²) in [6.45, 7) is 3.56. The van der Waals surface area contributed by atoms with E-state index in [1.54, 1.807) is 16.2 Å². The van der Waals surface area contributed by atoms with Crippen molar-refractivity contribution in [1.82, 2.24) is 9.88 Å². The molecular weight excluding hydrogens is 457 g/mol. The summed E-state index contributed by atoms with van der Waals surface area (Å²) in [5, 5.41) is 2.18. The van der Waals surface area contributed by atoms with Gasteiger partial charge >= 0.3 is 0 Å². The summed E-state index contributed by atoms with van der Waals surface area (Å²) in [6, 6.07) is 14.0. The summed E-state index contributed by atoms with van der Waals surface area (Å²) in [5.41, 5.74) is 2.11. The number of hydrogen-bond donors (Lipinski definition) is 0. The molecule has 2 aromatic heterocycles. The SMILES string of the molecule is Cc1ccc2nc(N(CCCN(C)C)C(=O)c3sc4ccccc4c3Cl)sc2c1.Cl. The van der Waals surface area contributed by atoms with Gasteiger partial charge in [0.05, 0.1) is 15.2 Å². The molecule has 0 saturated heterocycles. The predicted octanol–water partition coefficient (Wildman–Crippen LogP) is 6.49. The fourth-order valence-corrected chi connectivity index (χ4v) is 5.79. The van der Waals surface area contributed by atoms with Gasteiger partial charge in [0.2, 0.25) is 0 Å². The number of rotatable bonds is 6. The van der Waals surface area contributed by atoms with Crippen LogP contribution in [0.25, 0.3) is 20.3 Å². The lowest BCUT2D eigenvalue weighted by Crippen LogP contribution is -2.33. The fourth-order valence-electron chi connectivity index (χ4n) is 3.24. The zero-order valence-corrected chi connectivity index (χ0v) is 20.2. The van der Waals surface area contributed by atoms with E-state index in [0.29, 0.717) is 16.4 Å². The van der Waals surface area contributed by atoms with Gasteiger partial charge in [0.25, 0.3) is 5.91 Å². The van der Waals surface area contributed by atoms with Crippen LogP contribution < -0.4 is 4.90 Å². The standard InChI is InChI=1S/C22H22ClN3OS2.ClH/c1-14-9-10-16-18(13-14)29-22(24-16)26(12-6-11-25(2)3)21(27)20-19(23)15-7-4-5-8-17(15)28-20;/h4-5,7-10,13H,6,11-12H2,1-3H3;1H. The van der Waals surface area contributed by atoms with Gasteiger partial charge in [-0.05, 0) is 57.7 Å². The van der Waals surface area contributed by atoms with Gasteiger partial charge in [0, 0.05) is 16.6 Å². The molecule has 1 amide bonds. The molecule has 4 nitrogen and oxygen atoms in total. The van der Waals surface area contributed by atoms with Gasteiger partial charge in [-0.15, -0.1) is 23.7 Å². The molecule has 0 N–H and O–H groups in total. The minimum atomic E-state index is -0.0780. The van der Waals surface area contributed by atoms with Crippen molar-refractivity contribution < 1.29 is 4.79 Å². The second-order valence-corrected chi connectivity index (χ2v) is 9.76. The molecule has 0 fully saturated rings. The number of nitrogens with zero attached hydrogens (tertiary/aromatic N) is 3. The number of thiophene rings is 1. The van der Waals surface area contributed by atoms with Crippen molar-refractivity contribution in [2.24, 2.45) is 0 Å². The summed E-state index contributed by atoms with van der Waals surface area (Å²) >= 11 is 9.61. The van der Waals surface area contributed by atoms with Crippen LogP contribution in [0, 0.1) is 6.92 Å². The molecule has 0 aliphatic carbocycles. The highest BCUT2D eigenvalue weighted by molar-refractivity contribution is 7.23. The second kappa shape index (κ2) is 9.62. The van der Waals surface area contributed by atoms with Gasteiger partial charge in [0.1, 0.15) is 4.88 Å². The first kappa shape index (κ1) is 23.0. The molecule has 0 aliphatic rings. The van der Waals surface area contributed by atoms with Crippen LogP contribution in [0.3, 0.4) is 0 Å². The third-order valence-corrected chi connectivity index (χ3v) is 7.43. The minimum absolute atomic E-state index is 0. The molecule has 2 heterocycles. The lowest BCUT2D eigenvalue weighted by atomic mass is 10.2. The molecule has 2 aromatic carbocycles. The Morgan fingerprint density at radius 2 is 1.83 bits per heavy atom. The summed E-state index contributed by atoms with van der Waals surface area (Å²) < 4.78 is 2.11. The van der Waals surface area contributed by atoms with Crippen LogP contribution in [0.1, 0.15) is 21.7 Å². The number of aromatic nitrogens is 1. The van der Waals surface area contributed by atoms with Crippen LogP contribution in [0.2, 0.25) is 5.02 Å². The number of halogens is 2. The minimum Gasteiger partial charge on any atom is -0.309 e. The predicted molar refractivity (Wildman–Crippen MR) is 133 cm³/mol. The Morgan fingerprint density at radius 3 is 2.57 bits per heavy atom. The number of fused-ring (bicyclic) bond motifs is 2. The highest BCUT2D eigenvalue weighted by Gasteiger charge is 2.26. The largest absolute Gasteiger partial charge is 0.309 e. The maximum Gasteiger partial charge on any atom is 0.271 e. The number of amides is 1. The number of aryl methyl sites for hydroxylation is 1. The lowest BCUT2D eigenvalue weighted by Gasteiger charge is -2.20. The Morgan fingerprint density at radius 1 is 1.07 bits per heavy atom. The Bertz CT molecular complexity index is 1190. The smallest absolute Gasteiger partial charge is 0.271 e. The second-order valence-electron chi connectivity index (χ2n) is 7.32. The van der Waals surface area contributed by atoms with E-state index in [1.165, 1.54) is 16.9 Å². The summed E-state index contributed by atoms with van der Waals surface area (Å²) in [4.78, 5) is 22.8. The molecule has 0 bridgehead atoms. The molecule has 158 valence electrons. The van der Waals surface area contributed by atoms with Crippen LogP contribution in [0.15, 0.2) is 42.5 Å². The van der Waals surface area contributed by atoms with E-state index in [-0.39, 0.29) is 18.3 Å². The number of carbonyl (C=O) groups is 1. The summed E-state index contributed by atoms with van der Waals surface area (Å²) in [7, 11) is 4.07. The van der Waals surface area contributed by atoms with Gasteiger partial charge in [-0.2, -0.15) is 0 Å². The highest BCUT2D eigenvalue weighted by Crippen LogP contribution is 2.38. The van der Waals surface area contributed by atoms with Crippen molar-refractivity contribution >= 4 is 78.0 Å². The van der Waals surface area contributed by atoms with Crippen LogP contribution in [-0.4, -0.2) is 43.0 Å². The average molecular weight is 480 g/mol. The summed E-state index contributed by atoms with van der Waals surface area (Å²) in [6.07, 6.45) is 0.857. The first-order valence-corrected chi connectivity index (χ1v) is 11.5. The third-order valence-electron chi connectivity index (χ3n) is 4.72. The van der Waals surface area contributed by atoms with E-state index in [9.17, 15) is 4.79 Å². The van der Waals surface area contributed by atoms with Gasteiger partial charge in [-0.1, -0.05) is 47.2 Å². The molecule has 0 spiro atoms. The lowest BCUT2D eigenvalue weighted by molar-refractivity contribution is 0.0990. The first-order valence-electron chi connectivity index (χ1n) is 9.45. The molecule has 0 aliphatic heterocycles. The number of thiazole rings is 1. The Hall–Kier alpha value is -1.70. The van der Waals surface area contributed by atoms with E-state index in [1.807, 2.05) is 50.5 Å². The monoisotopic (exact) mass is 479 g/mol. The molecule has 0 radical (unpaired) electrons. The van der Waals surface area contributed by atoms with Crippen LogP contribution in [-0.2, 0) is 0 Å². The maximum atomic E-state index is 13.6. The molecule has 4 aromatic rings. The molecule has 0 atom stereocenters. The van der Waals surface area contributed by atoms with E-state index < -0.39 is 0 Å². The Balaban J connectivity index is 0.00000256. The first-order chi connectivity index (χ1) is 13.9. The Labute approximate surface area is 195 Å². The van der Waals surface area contributed by atoms with Crippen molar-refractivity contribution in [3.63, 3.8) is 0 Å². The van der Waals surface area contributed by atoms with Crippen molar-refractivity contribution in [3.8, 4) is 0 Å². The molecular formula is C22H23Cl2N3OS2. The molecule has 8 heteroatoms. The maximum absolute atomic E-state index is 13.6. The van der Waals surface area contributed by atoms with Crippen LogP contribution >= 0.6 is 46.7 Å². The van der Waals surface area contributed by atoms with Gasteiger partial charge in [-0.3, -0.25) is 9.69 Å². The fraction of sp³-hybridized carbons (Fsp3) is 0.273. The van der Waals surface area contributed by atoms with Gasteiger partial charge in [0.15, 0.2) is 5.13 Å². The molecule has 4 rings (SSSR count). The summed E-state index contributed by atoms with van der Waals surface area (Å²) in [5.74, 6) is -0.0780.